The Hall–Kier alpha value is -1.06. The Morgan fingerprint density at radius 2 is 2.20 bits per heavy atom. The highest BCUT2D eigenvalue weighted by Gasteiger charge is 2.29. The molecular formula is C12H15NO2. The predicted octanol–water partition coefficient (Wildman–Crippen LogP) is 1.50. The van der Waals surface area contributed by atoms with Gasteiger partial charge in [0.05, 0.1) is 12.7 Å². The molecule has 0 aromatic heterocycles. The van der Waals surface area contributed by atoms with Gasteiger partial charge in [-0.2, -0.15) is 0 Å². The van der Waals surface area contributed by atoms with Crippen LogP contribution in [0.1, 0.15) is 18.1 Å². The van der Waals surface area contributed by atoms with E-state index in [1.807, 2.05) is 18.2 Å². The Balaban J connectivity index is 1.95. The average molecular weight is 205 g/mol. The molecule has 1 N–H and O–H groups in total. The summed E-state index contributed by atoms with van der Waals surface area (Å²) in [6.07, 6.45) is 1.44. The second-order valence-electron chi connectivity index (χ2n) is 4.08. The molecule has 0 spiro atoms. The highest BCUT2D eigenvalue weighted by atomic mass is 16.5. The molecule has 3 heteroatoms. The topological polar surface area (TPSA) is 30.5 Å². The lowest BCUT2D eigenvalue weighted by Crippen LogP contribution is -2.40. The van der Waals surface area contributed by atoms with Gasteiger partial charge in [0.15, 0.2) is 0 Å². The Labute approximate surface area is 89.4 Å². The molecular weight excluding hydrogens is 190 g/mol. The molecule has 0 radical (unpaired) electrons. The highest BCUT2D eigenvalue weighted by Crippen LogP contribution is 2.36. The molecule has 3 rings (SSSR count). The van der Waals surface area contributed by atoms with Crippen molar-refractivity contribution < 1.29 is 9.47 Å². The zero-order chi connectivity index (χ0) is 10.1. The van der Waals surface area contributed by atoms with Crippen LogP contribution in [0.3, 0.4) is 0 Å². The number of hydrogen-bond acceptors (Lipinski definition) is 3. The van der Waals surface area contributed by atoms with E-state index >= 15 is 0 Å². The van der Waals surface area contributed by atoms with Crippen molar-refractivity contribution in [2.75, 3.05) is 19.7 Å². The van der Waals surface area contributed by atoms with E-state index in [-0.39, 0.29) is 12.2 Å². The maximum atomic E-state index is 5.90. The van der Waals surface area contributed by atoms with Gasteiger partial charge in [0, 0.05) is 25.1 Å². The van der Waals surface area contributed by atoms with Crippen LogP contribution in [0.2, 0.25) is 0 Å². The summed E-state index contributed by atoms with van der Waals surface area (Å²) >= 11 is 0. The van der Waals surface area contributed by atoms with E-state index in [1.165, 1.54) is 5.56 Å². The summed E-state index contributed by atoms with van der Waals surface area (Å²) in [7, 11) is 0. The van der Waals surface area contributed by atoms with Crippen molar-refractivity contribution in [3.8, 4) is 5.75 Å². The quantitative estimate of drug-likeness (QED) is 0.696. The summed E-state index contributed by atoms with van der Waals surface area (Å²) in [4.78, 5) is 0. The van der Waals surface area contributed by atoms with Crippen molar-refractivity contribution in [1.29, 1.82) is 0 Å². The van der Waals surface area contributed by atoms with E-state index in [2.05, 4.69) is 11.4 Å². The molecule has 15 heavy (non-hydrogen) atoms. The minimum atomic E-state index is 0.224. The molecule has 2 bridgehead atoms. The molecule has 2 heterocycles. The maximum absolute atomic E-state index is 5.90. The maximum Gasteiger partial charge on any atom is 0.125 e. The van der Waals surface area contributed by atoms with Gasteiger partial charge in [0.2, 0.25) is 0 Å². The fourth-order valence-electron chi connectivity index (χ4n) is 2.27. The fourth-order valence-corrected chi connectivity index (χ4v) is 2.27. The first-order valence-corrected chi connectivity index (χ1v) is 5.51. The van der Waals surface area contributed by atoms with E-state index in [1.54, 1.807) is 0 Å². The normalized spacial score (nSPS) is 29.6. The first-order valence-electron chi connectivity index (χ1n) is 5.51. The number of para-hydroxylation sites is 1. The molecule has 80 valence electrons. The smallest absolute Gasteiger partial charge is 0.125 e. The summed E-state index contributed by atoms with van der Waals surface area (Å²) in [6.45, 7) is 2.62. The molecule has 1 unspecified atom stereocenters. The van der Waals surface area contributed by atoms with Gasteiger partial charge >= 0.3 is 0 Å². The van der Waals surface area contributed by atoms with Gasteiger partial charge in [-0.25, -0.2) is 0 Å². The van der Waals surface area contributed by atoms with Crippen molar-refractivity contribution in [2.24, 2.45) is 0 Å². The number of hydrogen-bond donors (Lipinski definition) is 1. The van der Waals surface area contributed by atoms with Gasteiger partial charge < -0.3 is 14.8 Å². The van der Waals surface area contributed by atoms with Gasteiger partial charge in [0.1, 0.15) is 11.9 Å². The van der Waals surface area contributed by atoms with Crippen LogP contribution >= 0.6 is 0 Å². The molecule has 1 fully saturated rings. The zero-order valence-electron chi connectivity index (χ0n) is 8.61. The van der Waals surface area contributed by atoms with Crippen molar-refractivity contribution in [3.05, 3.63) is 29.8 Å². The van der Waals surface area contributed by atoms with E-state index < -0.39 is 0 Å². The predicted molar refractivity (Wildman–Crippen MR) is 57.0 cm³/mol. The standard InChI is InChI=1S/C12H15NO2/c1-2-4-11-10(3-1)12-7-9(15-11)8-13-5-6-14-12/h1-4,9,12-13H,5-8H2/t9?,12-/m1/s1. The molecule has 1 aromatic rings. The fraction of sp³-hybridized carbons (Fsp3) is 0.500. The molecule has 2 aliphatic heterocycles. The summed E-state index contributed by atoms with van der Waals surface area (Å²) in [6, 6.07) is 8.19. The minimum absolute atomic E-state index is 0.224. The Kier molecular flexibility index (Phi) is 2.35. The highest BCUT2D eigenvalue weighted by molar-refractivity contribution is 5.37. The lowest BCUT2D eigenvalue weighted by Gasteiger charge is -2.34. The summed E-state index contributed by atoms with van der Waals surface area (Å²) in [5.41, 5.74) is 1.20. The second-order valence-corrected chi connectivity index (χ2v) is 4.08. The van der Waals surface area contributed by atoms with E-state index in [0.29, 0.717) is 0 Å². The van der Waals surface area contributed by atoms with Crippen molar-refractivity contribution >= 4 is 0 Å². The monoisotopic (exact) mass is 205 g/mol. The number of fused-ring (bicyclic) bond motifs is 4. The van der Waals surface area contributed by atoms with Gasteiger partial charge in [-0.3, -0.25) is 0 Å². The number of rotatable bonds is 0. The molecule has 1 saturated heterocycles. The van der Waals surface area contributed by atoms with Crippen molar-refractivity contribution in [2.45, 2.75) is 18.6 Å². The lowest BCUT2D eigenvalue weighted by molar-refractivity contribution is -0.0108. The zero-order valence-corrected chi connectivity index (χ0v) is 8.61. The SMILES string of the molecule is c1ccc2c(c1)OC1CNCCO[C@@H]2C1. The largest absolute Gasteiger partial charge is 0.489 e. The molecule has 1 aromatic carbocycles. The van der Waals surface area contributed by atoms with Gasteiger partial charge in [-0.15, -0.1) is 0 Å². The van der Waals surface area contributed by atoms with Crippen LogP contribution in [-0.2, 0) is 4.74 Å². The summed E-state index contributed by atoms with van der Waals surface area (Å²) in [5, 5.41) is 3.32. The number of ether oxygens (including phenoxy) is 2. The van der Waals surface area contributed by atoms with E-state index in [0.717, 1.165) is 31.9 Å². The van der Waals surface area contributed by atoms with Crippen LogP contribution in [0, 0.1) is 0 Å². The third-order valence-electron chi connectivity index (χ3n) is 3.01. The molecule has 0 aliphatic carbocycles. The Bertz CT molecular complexity index is 353. The summed E-state index contributed by atoms with van der Waals surface area (Å²) < 4.78 is 11.7. The Morgan fingerprint density at radius 3 is 3.20 bits per heavy atom. The molecule has 2 aliphatic rings. The van der Waals surface area contributed by atoms with Gasteiger partial charge in [-0.1, -0.05) is 18.2 Å². The van der Waals surface area contributed by atoms with Crippen LogP contribution in [0.4, 0.5) is 0 Å². The average Bonchev–Trinajstić information content (AvgIpc) is 2.25. The lowest BCUT2D eigenvalue weighted by atomic mass is 9.98. The van der Waals surface area contributed by atoms with Crippen LogP contribution in [-0.4, -0.2) is 25.8 Å². The summed E-state index contributed by atoms with van der Waals surface area (Å²) in [5.74, 6) is 0.988. The van der Waals surface area contributed by atoms with Crippen LogP contribution < -0.4 is 10.1 Å². The van der Waals surface area contributed by atoms with Crippen molar-refractivity contribution in [1.82, 2.24) is 5.32 Å². The first-order chi connectivity index (χ1) is 7.43. The molecule has 0 amide bonds. The van der Waals surface area contributed by atoms with Crippen LogP contribution in [0.25, 0.3) is 0 Å². The Morgan fingerprint density at radius 1 is 1.27 bits per heavy atom. The first kappa shape index (κ1) is 9.19. The second kappa shape index (κ2) is 3.83. The minimum Gasteiger partial charge on any atom is -0.489 e. The van der Waals surface area contributed by atoms with Gasteiger partial charge in [0.25, 0.3) is 0 Å². The van der Waals surface area contributed by atoms with Crippen LogP contribution in [0.15, 0.2) is 24.3 Å². The molecule has 0 saturated carbocycles. The number of benzene rings is 1. The third-order valence-corrected chi connectivity index (χ3v) is 3.01. The van der Waals surface area contributed by atoms with Gasteiger partial charge in [-0.05, 0) is 6.07 Å². The van der Waals surface area contributed by atoms with Crippen LogP contribution in [0.5, 0.6) is 5.75 Å². The van der Waals surface area contributed by atoms with Crippen molar-refractivity contribution in [3.63, 3.8) is 0 Å². The van der Waals surface area contributed by atoms with E-state index in [9.17, 15) is 0 Å². The van der Waals surface area contributed by atoms with E-state index in [4.69, 9.17) is 9.47 Å². The number of nitrogens with one attached hydrogen (secondary N) is 1. The molecule has 3 nitrogen and oxygen atoms in total. The molecule has 2 atom stereocenters. The third kappa shape index (κ3) is 1.73.